The van der Waals surface area contributed by atoms with E-state index in [0.717, 1.165) is 19.3 Å². The Morgan fingerprint density at radius 2 is 2.20 bits per heavy atom. The number of methoxy groups -OCH3 is 1. The topological polar surface area (TPSA) is 66.8 Å². The molecule has 0 heterocycles. The molecular formula is C11H20O4. The van der Waals surface area contributed by atoms with E-state index in [4.69, 9.17) is 9.84 Å². The SMILES string of the molecule is CCC(O)(C(=O)O)C1CCCC(OC)C1. The van der Waals surface area contributed by atoms with Gasteiger partial charge in [0.1, 0.15) is 0 Å². The van der Waals surface area contributed by atoms with Gasteiger partial charge >= 0.3 is 5.97 Å². The summed E-state index contributed by atoms with van der Waals surface area (Å²) in [5.74, 6) is -1.29. The highest BCUT2D eigenvalue weighted by Crippen LogP contribution is 2.35. The Morgan fingerprint density at radius 3 is 2.67 bits per heavy atom. The largest absolute Gasteiger partial charge is 0.479 e. The summed E-state index contributed by atoms with van der Waals surface area (Å²) in [5.41, 5.74) is -1.57. The number of aliphatic hydroxyl groups is 1. The number of ether oxygens (including phenoxy) is 1. The van der Waals surface area contributed by atoms with Crippen LogP contribution in [0.1, 0.15) is 39.0 Å². The van der Waals surface area contributed by atoms with Gasteiger partial charge < -0.3 is 14.9 Å². The van der Waals surface area contributed by atoms with Crippen LogP contribution in [-0.2, 0) is 9.53 Å². The summed E-state index contributed by atoms with van der Waals surface area (Å²) in [6.45, 7) is 1.71. The van der Waals surface area contributed by atoms with Crippen molar-refractivity contribution < 1.29 is 19.7 Å². The van der Waals surface area contributed by atoms with Gasteiger partial charge in [0.15, 0.2) is 5.60 Å². The van der Waals surface area contributed by atoms with Gasteiger partial charge in [-0.25, -0.2) is 4.79 Å². The van der Waals surface area contributed by atoms with E-state index in [1.807, 2.05) is 0 Å². The van der Waals surface area contributed by atoms with Crippen LogP contribution in [0.2, 0.25) is 0 Å². The zero-order valence-corrected chi connectivity index (χ0v) is 9.40. The number of hydrogen-bond donors (Lipinski definition) is 2. The van der Waals surface area contributed by atoms with E-state index in [9.17, 15) is 9.90 Å². The molecular weight excluding hydrogens is 196 g/mol. The van der Waals surface area contributed by atoms with Crippen molar-refractivity contribution in [2.45, 2.75) is 50.7 Å². The van der Waals surface area contributed by atoms with Gasteiger partial charge in [0, 0.05) is 13.0 Å². The van der Waals surface area contributed by atoms with Crippen molar-refractivity contribution >= 4 is 5.97 Å². The molecule has 3 atom stereocenters. The third-order valence-corrected chi connectivity index (χ3v) is 3.54. The Kier molecular flexibility index (Phi) is 4.11. The normalized spacial score (nSPS) is 30.9. The lowest BCUT2D eigenvalue weighted by molar-refractivity contribution is -0.169. The van der Waals surface area contributed by atoms with Crippen LogP contribution >= 0.6 is 0 Å². The van der Waals surface area contributed by atoms with Gasteiger partial charge in [0.05, 0.1) is 6.10 Å². The van der Waals surface area contributed by atoms with Crippen molar-refractivity contribution in [2.75, 3.05) is 7.11 Å². The molecule has 2 N–H and O–H groups in total. The maximum Gasteiger partial charge on any atom is 0.335 e. The number of aliphatic carboxylic acids is 1. The standard InChI is InChI=1S/C11H20O4/c1-3-11(14,10(12)13)8-5-4-6-9(7-8)15-2/h8-9,14H,3-7H2,1-2H3,(H,12,13). The molecule has 0 saturated heterocycles. The van der Waals surface area contributed by atoms with Crippen molar-refractivity contribution in [1.29, 1.82) is 0 Å². The second kappa shape index (κ2) is 4.94. The minimum absolute atomic E-state index is 0.0983. The molecule has 4 heteroatoms. The van der Waals surface area contributed by atoms with Gasteiger partial charge in [-0.2, -0.15) is 0 Å². The lowest BCUT2D eigenvalue weighted by Crippen LogP contribution is -2.47. The summed E-state index contributed by atoms with van der Waals surface area (Å²) in [4.78, 5) is 11.1. The van der Waals surface area contributed by atoms with Gasteiger partial charge in [-0.15, -0.1) is 0 Å². The summed E-state index contributed by atoms with van der Waals surface area (Å²) in [5, 5.41) is 19.1. The van der Waals surface area contributed by atoms with E-state index in [1.54, 1.807) is 14.0 Å². The van der Waals surface area contributed by atoms with E-state index >= 15 is 0 Å². The van der Waals surface area contributed by atoms with Crippen LogP contribution in [-0.4, -0.2) is 35.0 Å². The first kappa shape index (κ1) is 12.5. The molecule has 1 saturated carbocycles. The van der Waals surface area contributed by atoms with Crippen LogP contribution in [0.4, 0.5) is 0 Å². The molecule has 4 nitrogen and oxygen atoms in total. The molecule has 0 spiro atoms. The molecule has 3 unspecified atom stereocenters. The minimum atomic E-state index is -1.57. The molecule has 1 rings (SSSR count). The molecule has 0 aliphatic heterocycles. The van der Waals surface area contributed by atoms with Crippen molar-refractivity contribution in [3.05, 3.63) is 0 Å². The quantitative estimate of drug-likeness (QED) is 0.745. The van der Waals surface area contributed by atoms with E-state index in [0.29, 0.717) is 6.42 Å². The second-order valence-electron chi connectivity index (χ2n) is 4.30. The Balaban J connectivity index is 2.72. The zero-order valence-electron chi connectivity index (χ0n) is 9.40. The number of rotatable bonds is 4. The molecule has 0 aromatic heterocycles. The van der Waals surface area contributed by atoms with Gasteiger partial charge in [0.25, 0.3) is 0 Å². The van der Waals surface area contributed by atoms with Gasteiger partial charge in [-0.1, -0.05) is 13.3 Å². The van der Waals surface area contributed by atoms with Crippen molar-refractivity contribution in [1.82, 2.24) is 0 Å². The minimum Gasteiger partial charge on any atom is -0.479 e. The lowest BCUT2D eigenvalue weighted by atomic mass is 9.74. The average molecular weight is 216 g/mol. The molecule has 0 aromatic rings. The van der Waals surface area contributed by atoms with Crippen LogP contribution in [0.15, 0.2) is 0 Å². The Hall–Kier alpha value is -0.610. The van der Waals surface area contributed by atoms with Crippen LogP contribution in [0, 0.1) is 5.92 Å². The van der Waals surface area contributed by atoms with Gasteiger partial charge in [-0.3, -0.25) is 0 Å². The molecule has 88 valence electrons. The van der Waals surface area contributed by atoms with Crippen molar-refractivity contribution in [2.24, 2.45) is 5.92 Å². The molecule has 1 aliphatic carbocycles. The van der Waals surface area contributed by atoms with Gasteiger partial charge in [0.2, 0.25) is 0 Å². The molecule has 0 bridgehead atoms. The summed E-state index contributed by atoms with van der Waals surface area (Å²) in [6, 6.07) is 0. The van der Waals surface area contributed by atoms with Crippen molar-refractivity contribution in [3.63, 3.8) is 0 Å². The highest BCUT2D eigenvalue weighted by molar-refractivity contribution is 5.77. The fourth-order valence-electron chi connectivity index (χ4n) is 2.41. The predicted molar refractivity (Wildman–Crippen MR) is 55.6 cm³/mol. The first-order chi connectivity index (χ1) is 7.04. The number of hydrogen-bond acceptors (Lipinski definition) is 3. The maximum atomic E-state index is 11.1. The van der Waals surface area contributed by atoms with Crippen LogP contribution in [0.3, 0.4) is 0 Å². The highest BCUT2D eigenvalue weighted by atomic mass is 16.5. The Morgan fingerprint density at radius 1 is 1.53 bits per heavy atom. The molecule has 15 heavy (non-hydrogen) atoms. The Bertz CT molecular complexity index is 229. The number of carbonyl (C=O) groups is 1. The fraction of sp³-hybridized carbons (Fsp3) is 0.909. The van der Waals surface area contributed by atoms with Gasteiger partial charge in [-0.05, 0) is 25.7 Å². The van der Waals surface area contributed by atoms with E-state index < -0.39 is 11.6 Å². The van der Waals surface area contributed by atoms with Crippen LogP contribution in [0.5, 0.6) is 0 Å². The van der Waals surface area contributed by atoms with E-state index in [2.05, 4.69) is 0 Å². The number of carboxylic acid groups (broad SMARTS) is 1. The zero-order chi connectivity index (χ0) is 11.5. The second-order valence-corrected chi connectivity index (χ2v) is 4.30. The fourth-order valence-corrected chi connectivity index (χ4v) is 2.41. The lowest BCUT2D eigenvalue weighted by Gasteiger charge is -2.37. The maximum absolute atomic E-state index is 11.1. The first-order valence-corrected chi connectivity index (χ1v) is 5.53. The summed E-state index contributed by atoms with van der Waals surface area (Å²) < 4.78 is 5.24. The summed E-state index contributed by atoms with van der Waals surface area (Å²) in [6.07, 6.45) is 3.67. The monoisotopic (exact) mass is 216 g/mol. The summed E-state index contributed by atoms with van der Waals surface area (Å²) >= 11 is 0. The van der Waals surface area contributed by atoms with Crippen LogP contribution < -0.4 is 0 Å². The van der Waals surface area contributed by atoms with Crippen molar-refractivity contribution in [3.8, 4) is 0 Å². The first-order valence-electron chi connectivity index (χ1n) is 5.53. The highest BCUT2D eigenvalue weighted by Gasteiger charge is 2.44. The van der Waals surface area contributed by atoms with Crippen LogP contribution in [0.25, 0.3) is 0 Å². The summed E-state index contributed by atoms with van der Waals surface area (Å²) in [7, 11) is 1.64. The smallest absolute Gasteiger partial charge is 0.335 e. The average Bonchev–Trinajstić information content (AvgIpc) is 2.27. The molecule has 1 fully saturated rings. The molecule has 0 amide bonds. The third-order valence-electron chi connectivity index (χ3n) is 3.54. The van der Waals surface area contributed by atoms with E-state index in [1.165, 1.54) is 0 Å². The Labute approximate surface area is 90.2 Å². The molecule has 0 radical (unpaired) electrons. The number of carboxylic acids is 1. The molecule has 0 aromatic carbocycles. The molecule has 1 aliphatic rings. The van der Waals surface area contributed by atoms with E-state index in [-0.39, 0.29) is 18.4 Å². The third kappa shape index (κ3) is 2.49. The predicted octanol–water partition coefficient (Wildman–Crippen LogP) is 1.42.